The Bertz CT molecular complexity index is 295. The highest BCUT2D eigenvalue weighted by Crippen LogP contribution is 2.06. The molecule has 0 aliphatic rings. The van der Waals surface area contributed by atoms with Crippen LogP contribution in [-0.4, -0.2) is 15.7 Å². The lowest BCUT2D eigenvalue weighted by atomic mass is 10.1. The summed E-state index contributed by atoms with van der Waals surface area (Å²) in [6.45, 7) is 2.09. The largest absolute Gasteiger partial charge is 0.260 e. The second-order valence-corrected chi connectivity index (χ2v) is 5.84. The molecule has 1 unspecified atom stereocenters. The summed E-state index contributed by atoms with van der Waals surface area (Å²) in [5.74, 6) is 1.77. The van der Waals surface area contributed by atoms with Gasteiger partial charge in [0.25, 0.3) is 0 Å². The topological polar surface area (TPSA) is 17.1 Å². The van der Waals surface area contributed by atoms with Gasteiger partial charge in [0.05, 0.1) is 0 Å². The van der Waals surface area contributed by atoms with Crippen molar-refractivity contribution >= 4 is 10.8 Å². The zero-order valence-corrected chi connectivity index (χ0v) is 11.0. The van der Waals surface area contributed by atoms with Crippen molar-refractivity contribution in [2.24, 2.45) is 0 Å². The van der Waals surface area contributed by atoms with Gasteiger partial charge in [0.2, 0.25) is 0 Å². The molecule has 1 rings (SSSR count). The molecule has 0 radical (unpaired) electrons. The Hall–Kier alpha value is -0.630. The average Bonchev–Trinajstić information content (AvgIpc) is 2.30. The van der Waals surface area contributed by atoms with Gasteiger partial charge in [0, 0.05) is 22.3 Å². The quantitative estimate of drug-likeness (QED) is 0.633. The molecule has 0 aliphatic carbocycles. The van der Waals surface area contributed by atoms with Crippen molar-refractivity contribution in [1.29, 1.82) is 0 Å². The molecular formula is C14H22OS. The van der Waals surface area contributed by atoms with E-state index in [1.165, 1.54) is 18.4 Å². The van der Waals surface area contributed by atoms with Gasteiger partial charge in [-0.25, -0.2) is 0 Å². The first kappa shape index (κ1) is 13.4. The van der Waals surface area contributed by atoms with E-state index < -0.39 is 10.8 Å². The summed E-state index contributed by atoms with van der Waals surface area (Å²) >= 11 is 0. The van der Waals surface area contributed by atoms with Gasteiger partial charge >= 0.3 is 0 Å². The van der Waals surface area contributed by atoms with Crippen LogP contribution in [0.15, 0.2) is 30.3 Å². The smallest absolute Gasteiger partial charge is 0.0234 e. The van der Waals surface area contributed by atoms with Crippen LogP contribution in [0.5, 0.6) is 0 Å². The second kappa shape index (κ2) is 8.51. The van der Waals surface area contributed by atoms with Gasteiger partial charge < -0.3 is 0 Å². The average molecular weight is 238 g/mol. The molecular weight excluding hydrogens is 216 g/mol. The molecule has 90 valence electrons. The van der Waals surface area contributed by atoms with E-state index in [4.69, 9.17) is 0 Å². The van der Waals surface area contributed by atoms with Crippen molar-refractivity contribution < 1.29 is 4.21 Å². The molecule has 1 nitrogen and oxygen atoms in total. The van der Waals surface area contributed by atoms with Crippen LogP contribution in [-0.2, 0) is 17.2 Å². The zero-order valence-electron chi connectivity index (χ0n) is 10.2. The number of unbranched alkanes of at least 4 members (excludes halogenated alkanes) is 2. The number of aryl methyl sites for hydroxylation is 1. The van der Waals surface area contributed by atoms with Crippen LogP contribution in [0.2, 0.25) is 0 Å². The molecule has 1 atom stereocenters. The van der Waals surface area contributed by atoms with E-state index in [1.807, 2.05) is 0 Å². The first-order chi connectivity index (χ1) is 7.83. The lowest BCUT2D eigenvalue weighted by Gasteiger charge is -2.02. The molecule has 1 aromatic carbocycles. The van der Waals surface area contributed by atoms with Crippen LogP contribution < -0.4 is 0 Å². The standard InChI is InChI=1S/C14H22OS/c1-2-12-16(15)13-8-4-7-11-14-9-5-3-6-10-14/h3,5-6,9-10H,2,4,7-8,11-13H2,1H3. The maximum absolute atomic E-state index is 11.4. The lowest BCUT2D eigenvalue weighted by molar-refractivity contribution is 0.670. The molecule has 1 aromatic rings. The van der Waals surface area contributed by atoms with Gasteiger partial charge in [-0.2, -0.15) is 0 Å². The minimum absolute atomic E-state index is 0.568. The highest BCUT2D eigenvalue weighted by atomic mass is 32.2. The highest BCUT2D eigenvalue weighted by molar-refractivity contribution is 7.84. The minimum atomic E-state index is -0.568. The maximum atomic E-state index is 11.4. The van der Waals surface area contributed by atoms with Gasteiger partial charge in [-0.1, -0.05) is 43.7 Å². The van der Waals surface area contributed by atoms with Crippen molar-refractivity contribution in [2.75, 3.05) is 11.5 Å². The van der Waals surface area contributed by atoms with E-state index in [-0.39, 0.29) is 0 Å². The molecule has 0 aromatic heterocycles. The third kappa shape index (κ3) is 6.06. The molecule has 0 aliphatic heterocycles. The fourth-order valence-electron chi connectivity index (χ4n) is 1.74. The Morgan fingerprint density at radius 3 is 2.44 bits per heavy atom. The summed E-state index contributed by atoms with van der Waals surface area (Å²) < 4.78 is 11.4. The zero-order chi connectivity index (χ0) is 11.6. The Balaban J connectivity index is 2.02. The predicted molar refractivity (Wildman–Crippen MR) is 72.2 cm³/mol. The highest BCUT2D eigenvalue weighted by Gasteiger charge is 1.98. The van der Waals surface area contributed by atoms with Gasteiger partial charge in [0.1, 0.15) is 0 Å². The minimum Gasteiger partial charge on any atom is -0.260 e. The van der Waals surface area contributed by atoms with E-state index in [1.54, 1.807) is 0 Å². The number of hydrogen-bond acceptors (Lipinski definition) is 1. The van der Waals surface area contributed by atoms with Crippen LogP contribution in [0.1, 0.15) is 38.2 Å². The molecule has 0 spiro atoms. The molecule has 0 N–H and O–H groups in total. The first-order valence-electron chi connectivity index (χ1n) is 6.22. The van der Waals surface area contributed by atoms with Crippen LogP contribution in [0.4, 0.5) is 0 Å². The fourth-order valence-corrected chi connectivity index (χ4v) is 2.93. The third-order valence-electron chi connectivity index (χ3n) is 2.61. The summed E-state index contributed by atoms with van der Waals surface area (Å²) in [6.07, 6.45) is 5.72. The van der Waals surface area contributed by atoms with Crippen molar-refractivity contribution in [1.82, 2.24) is 0 Å². The van der Waals surface area contributed by atoms with Gasteiger partial charge in [0.15, 0.2) is 0 Å². The van der Waals surface area contributed by atoms with E-state index in [0.717, 1.165) is 30.8 Å². The normalized spacial score (nSPS) is 12.6. The first-order valence-corrected chi connectivity index (χ1v) is 7.70. The summed E-state index contributed by atoms with van der Waals surface area (Å²) in [4.78, 5) is 0. The van der Waals surface area contributed by atoms with E-state index >= 15 is 0 Å². The monoisotopic (exact) mass is 238 g/mol. The lowest BCUT2D eigenvalue weighted by Crippen LogP contribution is -2.01. The molecule has 0 fully saturated rings. The maximum Gasteiger partial charge on any atom is 0.0234 e. The third-order valence-corrected chi connectivity index (χ3v) is 4.22. The second-order valence-electron chi connectivity index (χ2n) is 4.14. The van der Waals surface area contributed by atoms with E-state index in [9.17, 15) is 4.21 Å². The van der Waals surface area contributed by atoms with Crippen molar-refractivity contribution in [2.45, 2.75) is 39.0 Å². The number of benzene rings is 1. The summed E-state index contributed by atoms with van der Waals surface area (Å²) in [7, 11) is -0.568. The summed E-state index contributed by atoms with van der Waals surface area (Å²) in [6, 6.07) is 10.6. The van der Waals surface area contributed by atoms with Gasteiger partial charge in [-0.05, 0) is 31.2 Å². The number of rotatable bonds is 8. The molecule has 0 saturated heterocycles. The van der Waals surface area contributed by atoms with Crippen LogP contribution in [0, 0.1) is 0 Å². The fraction of sp³-hybridized carbons (Fsp3) is 0.571. The van der Waals surface area contributed by atoms with E-state index in [2.05, 4.69) is 37.3 Å². The molecule has 0 saturated carbocycles. The Labute approximate surface area is 102 Å². The van der Waals surface area contributed by atoms with Crippen molar-refractivity contribution in [3.63, 3.8) is 0 Å². The molecule has 2 heteroatoms. The molecule has 16 heavy (non-hydrogen) atoms. The summed E-state index contributed by atoms with van der Waals surface area (Å²) in [5, 5.41) is 0. The summed E-state index contributed by atoms with van der Waals surface area (Å²) in [5.41, 5.74) is 1.41. The van der Waals surface area contributed by atoms with Gasteiger partial charge in [-0.3, -0.25) is 4.21 Å². The van der Waals surface area contributed by atoms with Crippen LogP contribution in [0.25, 0.3) is 0 Å². The Morgan fingerprint density at radius 1 is 1.00 bits per heavy atom. The Kier molecular flexibility index (Phi) is 7.15. The SMILES string of the molecule is CCCS(=O)CCCCCc1ccccc1. The van der Waals surface area contributed by atoms with Crippen LogP contribution >= 0.6 is 0 Å². The van der Waals surface area contributed by atoms with Crippen molar-refractivity contribution in [3.05, 3.63) is 35.9 Å². The van der Waals surface area contributed by atoms with Crippen molar-refractivity contribution in [3.8, 4) is 0 Å². The van der Waals surface area contributed by atoms with Gasteiger partial charge in [-0.15, -0.1) is 0 Å². The van der Waals surface area contributed by atoms with Crippen LogP contribution in [0.3, 0.4) is 0 Å². The number of hydrogen-bond donors (Lipinski definition) is 0. The Morgan fingerprint density at radius 2 is 1.75 bits per heavy atom. The predicted octanol–water partition coefficient (Wildman–Crippen LogP) is 3.56. The van der Waals surface area contributed by atoms with E-state index in [0.29, 0.717) is 0 Å². The molecule has 0 bridgehead atoms. The molecule has 0 heterocycles. The molecule has 0 amide bonds.